The molecule has 0 saturated heterocycles. The lowest BCUT2D eigenvalue weighted by atomic mass is 10.0. The minimum Gasteiger partial charge on any atom is -0.462 e. The molecular weight excluding hydrogens is 779 g/mol. The van der Waals surface area contributed by atoms with Crippen LogP contribution in [0.2, 0.25) is 0 Å². The standard InChI is InChI=1S/C57H107NO5/c1-4-7-10-13-16-19-22-24-26-28-29-31-34-37-40-43-46-49-55(60)54(52-59)58-56(61)51-53(48-45-42-39-36-33-21-18-15-12-9-6-3)63-57(62)50-47-44-41-38-35-32-30-27-25-23-20-17-14-11-8-5-2/h8,11,17,20,25,27,53-55,59-60H,4-7,9-10,12-16,18-19,21-24,26,28-52H2,1-3H3,(H,58,61)/b11-8+,20-17+,27-25+. The van der Waals surface area contributed by atoms with Crippen LogP contribution < -0.4 is 5.32 Å². The molecule has 6 nitrogen and oxygen atoms in total. The topological polar surface area (TPSA) is 95.9 Å². The van der Waals surface area contributed by atoms with Crippen LogP contribution in [-0.2, 0) is 14.3 Å². The van der Waals surface area contributed by atoms with E-state index >= 15 is 0 Å². The summed E-state index contributed by atoms with van der Waals surface area (Å²) in [5.41, 5.74) is 0. The molecule has 0 spiro atoms. The number of nitrogens with one attached hydrogen (secondary N) is 1. The van der Waals surface area contributed by atoms with Crippen LogP contribution in [0.25, 0.3) is 0 Å². The summed E-state index contributed by atoms with van der Waals surface area (Å²) in [7, 11) is 0. The zero-order valence-corrected chi connectivity index (χ0v) is 42.2. The van der Waals surface area contributed by atoms with E-state index in [1.165, 1.54) is 173 Å². The van der Waals surface area contributed by atoms with Crippen molar-refractivity contribution in [2.45, 2.75) is 309 Å². The third-order valence-corrected chi connectivity index (χ3v) is 12.7. The third kappa shape index (κ3) is 46.4. The molecule has 0 aliphatic rings. The second-order valence-electron chi connectivity index (χ2n) is 19.0. The van der Waals surface area contributed by atoms with E-state index in [4.69, 9.17) is 4.74 Å². The van der Waals surface area contributed by atoms with Crippen molar-refractivity contribution in [1.82, 2.24) is 5.32 Å². The Bertz CT molecular complexity index is 1040. The zero-order valence-electron chi connectivity index (χ0n) is 42.2. The van der Waals surface area contributed by atoms with Crippen LogP contribution in [0.5, 0.6) is 0 Å². The average molecular weight is 886 g/mol. The smallest absolute Gasteiger partial charge is 0.306 e. The van der Waals surface area contributed by atoms with Gasteiger partial charge in [-0.15, -0.1) is 0 Å². The number of aliphatic hydroxyl groups excluding tert-OH is 2. The van der Waals surface area contributed by atoms with Gasteiger partial charge in [0.1, 0.15) is 6.10 Å². The molecule has 370 valence electrons. The summed E-state index contributed by atoms with van der Waals surface area (Å²) >= 11 is 0. The lowest BCUT2D eigenvalue weighted by Gasteiger charge is -2.24. The van der Waals surface area contributed by atoms with Gasteiger partial charge in [0, 0.05) is 6.42 Å². The number of hydrogen-bond acceptors (Lipinski definition) is 5. The summed E-state index contributed by atoms with van der Waals surface area (Å²) in [6.07, 6.45) is 60.6. The Balaban J connectivity index is 4.46. The van der Waals surface area contributed by atoms with Gasteiger partial charge >= 0.3 is 5.97 Å². The first-order valence-corrected chi connectivity index (χ1v) is 27.7. The van der Waals surface area contributed by atoms with Gasteiger partial charge in [-0.3, -0.25) is 9.59 Å². The number of allylic oxidation sites excluding steroid dienone is 6. The molecule has 0 aliphatic carbocycles. The molecule has 3 unspecified atom stereocenters. The van der Waals surface area contributed by atoms with E-state index in [9.17, 15) is 19.8 Å². The monoisotopic (exact) mass is 886 g/mol. The van der Waals surface area contributed by atoms with Gasteiger partial charge in [0.25, 0.3) is 0 Å². The number of esters is 1. The number of rotatable bonds is 50. The van der Waals surface area contributed by atoms with Crippen LogP contribution in [0, 0.1) is 0 Å². The van der Waals surface area contributed by atoms with Gasteiger partial charge in [0.15, 0.2) is 0 Å². The van der Waals surface area contributed by atoms with Crippen molar-refractivity contribution in [3.8, 4) is 0 Å². The molecule has 0 radical (unpaired) electrons. The van der Waals surface area contributed by atoms with Gasteiger partial charge in [-0.05, 0) is 57.8 Å². The molecule has 0 aromatic carbocycles. The van der Waals surface area contributed by atoms with Gasteiger partial charge in [-0.1, -0.05) is 256 Å². The maximum absolute atomic E-state index is 13.2. The highest BCUT2D eigenvalue weighted by Gasteiger charge is 2.24. The highest BCUT2D eigenvalue weighted by Crippen LogP contribution is 2.19. The Morgan fingerprint density at radius 2 is 0.857 bits per heavy atom. The maximum atomic E-state index is 13.2. The SMILES string of the molecule is CC/C=C/C/C=C/C/C=C/CCCCCCCCC(=O)OC(CCCCCCCCCCCCC)CC(=O)NC(CO)C(O)CCCCCCCCCCCCCCCCCCC. The summed E-state index contributed by atoms with van der Waals surface area (Å²) in [5.74, 6) is -0.475. The highest BCUT2D eigenvalue weighted by atomic mass is 16.5. The molecule has 0 bridgehead atoms. The van der Waals surface area contributed by atoms with Crippen molar-refractivity contribution in [2.24, 2.45) is 0 Å². The van der Waals surface area contributed by atoms with E-state index in [1.54, 1.807) is 0 Å². The van der Waals surface area contributed by atoms with Gasteiger partial charge in [0.05, 0.1) is 25.2 Å². The first-order valence-electron chi connectivity index (χ1n) is 27.7. The molecule has 1 amide bonds. The van der Waals surface area contributed by atoms with E-state index in [1.807, 2.05) is 0 Å². The summed E-state index contributed by atoms with van der Waals surface area (Å²) in [5, 5.41) is 23.8. The summed E-state index contributed by atoms with van der Waals surface area (Å²) < 4.78 is 5.94. The number of aliphatic hydroxyl groups is 2. The second-order valence-corrected chi connectivity index (χ2v) is 19.0. The minimum absolute atomic E-state index is 0.0763. The Kier molecular flexibility index (Phi) is 49.5. The second kappa shape index (κ2) is 51.1. The molecule has 3 N–H and O–H groups in total. The fourth-order valence-corrected chi connectivity index (χ4v) is 8.56. The van der Waals surface area contributed by atoms with Crippen LogP contribution in [0.4, 0.5) is 0 Å². The number of carbonyl (C=O) groups excluding carboxylic acids is 2. The van der Waals surface area contributed by atoms with E-state index in [0.29, 0.717) is 19.3 Å². The number of hydrogen-bond donors (Lipinski definition) is 3. The lowest BCUT2D eigenvalue weighted by Crippen LogP contribution is -2.46. The molecule has 0 fully saturated rings. The number of ether oxygens (including phenoxy) is 1. The van der Waals surface area contributed by atoms with Crippen LogP contribution in [0.3, 0.4) is 0 Å². The lowest BCUT2D eigenvalue weighted by molar-refractivity contribution is -0.151. The van der Waals surface area contributed by atoms with Crippen molar-refractivity contribution >= 4 is 11.9 Å². The molecule has 0 rings (SSSR count). The van der Waals surface area contributed by atoms with Gasteiger partial charge in [0.2, 0.25) is 5.91 Å². The highest BCUT2D eigenvalue weighted by molar-refractivity contribution is 5.77. The summed E-state index contributed by atoms with van der Waals surface area (Å²) in [6, 6.07) is -0.701. The van der Waals surface area contributed by atoms with Crippen molar-refractivity contribution in [1.29, 1.82) is 0 Å². The molecule has 6 heteroatoms. The Morgan fingerprint density at radius 1 is 0.476 bits per heavy atom. The molecule has 0 aromatic heterocycles. The van der Waals surface area contributed by atoms with E-state index in [2.05, 4.69) is 62.5 Å². The maximum Gasteiger partial charge on any atom is 0.306 e. The van der Waals surface area contributed by atoms with Gasteiger partial charge < -0.3 is 20.3 Å². The van der Waals surface area contributed by atoms with Gasteiger partial charge in [-0.25, -0.2) is 0 Å². The predicted molar refractivity (Wildman–Crippen MR) is 273 cm³/mol. The van der Waals surface area contributed by atoms with Crippen LogP contribution >= 0.6 is 0 Å². The first kappa shape index (κ1) is 61.1. The number of amides is 1. The fraction of sp³-hybridized carbons (Fsp3) is 0.860. The van der Waals surface area contributed by atoms with Crippen LogP contribution in [0.15, 0.2) is 36.5 Å². The Hall–Kier alpha value is -1.92. The quantitative estimate of drug-likeness (QED) is 0.0321. The minimum atomic E-state index is -0.787. The van der Waals surface area contributed by atoms with Crippen molar-refractivity contribution in [2.75, 3.05) is 6.61 Å². The predicted octanol–water partition coefficient (Wildman–Crippen LogP) is 16.8. The first-order chi connectivity index (χ1) is 31.0. The van der Waals surface area contributed by atoms with Crippen molar-refractivity contribution < 1.29 is 24.5 Å². The number of unbranched alkanes of at least 4 members (excludes halogenated alkanes) is 32. The van der Waals surface area contributed by atoms with Crippen LogP contribution in [0.1, 0.15) is 290 Å². The summed E-state index contributed by atoms with van der Waals surface area (Å²) in [4.78, 5) is 26.2. The summed E-state index contributed by atoms with van der Waals surface area (Å²) in [6.45, 7) is 6.39. The van der Waals surface area contributed by atoms with E-state index in [-0.39, 0.29) is 24.9 Å². The average Bonchev–Trinajstić information content (AvgIpc) is 3.28. The van der Waals surface area contributed by atoms with Crippen molar-refractivity contribution in [3.63, 3.8) is 0 Å². The number of carbonyl (C=O) groups is 2. The fourth-order valence-electron chi connectivity index (χ4n) is 8.56. The third-order valence-electron chi connectivity index (χ3n) is 12.7. The molecular formula is C57H107NO5. The molecule has 0 saturated carbocycles. The molecule has 0 heterocycles. The Labute approximate surface area is 392 Å². The van der Waals surface area contributed by atoms with Crippen molar-refractivity contribution in [3.05, 3.63) is 36.5 Å². The molecule has 3 atom stereocenters. The Morgan fingerprint density at radius 3 is 1.30 bits per heavy atom. The molecule has 0 aromatic rings. The molecule has 63 heavy (non-hydrogen) atoms. The zero-order chi connectivity index (χ0) is 45.9. The largest absolute Gasteiger partial charge is 0.462 e. The normalized spacial score (nSPS) is 13.4. The van der Waals surface area contributed by atoms with Gasteiger partial charge in [-0.2, -0.15) is 0 Å². The van der Waals surface area contributed by atoms with E-state index in [0.717, 1.165) is 70.6 Å². The van der Waals surface area contributed by atoms with Crippen LogP contribution in [-0.4, -0.2) is 46.9 Å². The van der Waals surface area contributed by atoms with E-state index < -0.39 is 18.2 Å². The molecule has 0 aliphatic heterocycles.